The van der Waals surface area contributed by atoms with Crippen molar-refractivity contribution in [1.82, 2.24) is 0 Å². The van der Waals surface area contributed by atoms with E-state index in [0.29, 0.717) is 0 Å². The van der Waals surface area contributed by atoms with Crippen molar-refractivity contribution in [3.63, 3.8) is 0 Å². The lowest BCUT2D eigenvalue weighted by Crippen LogP contribution is -2.02. The van der Waals surface area contributed by atoms with E-state index in [1.165, 1.54) is 0 Å². The van der Waals surface area contributed by atoms with Crippen LogP contribution in [0.1, 0.15) is 0 Å². The molecule has 0 saturated carbocycles. The second-order valence-corrected chi connectivity index (χ2v) is 0.968. The molecule has 0 saturated heterocycles. The fraction of sp³-hybridized carbons (Fsp3) is 0. The molecule has 0 amide bonds. The highest BCUT2D eigenvalue weighted by molar-refractivity contribution is 6.98. The van der Waals surface area contributed by atoms with Gasteiger partial charge in [-0.05, 0) is 0 Å². The molecule has 0 radical (unpaired) electrons. The fourth-order valence-corrected chi connectivity index (χ4v) is 0.152. The minimum Gasteiger partial charge on any atom is -0.530 e. The molecule has 0 aromatic rings. The molecule has 0 aliphatic heterocycles. The van der Waals surface area contributed by atoms with E-state index in [1.807, 2.05) is 0 Å². The van der Waals surface area contributed by atoms with Crippen molar-refractivity contribution in [1.29, 1.82) is 0 Å². The summed E-state index contributed by atoms with van der Waals surface area (Å²) in [6, 6.07) is 0. The smallest absolute Gasteiger partial charge is 0.530 e. The van der Waals surface area contributed by atoms with Gasteiger partial charge >= 0.3 is 6.53 Å². The Kier molecular flexibility index (Phi) is 2.99. The number of rotatable bonds is 2. The minimum atomic E-state index is -1.25. The van der Waals surface area contributed by atoms with Gasteiger partial charge in [-0.3, -0.25) is 0 Å². The lowest BCUT2D eigenvalue weighted by Gasteiger charge is -1.89. The summed E-state index contributed by atoms with van der Waals surface area (Å²) in [7, 11) is 0. The van der Waals surface area contributed by atoms with Crippen LogP contribution >= 0.6 is 11.5 Å². The van der Waals surface area contributed by atoms with Gasteiger partial charge in [0, 0.05) is 0 Å². The standard InChI is InChI=1S/C2H4BClO2/c1-2-6-3(4)5/h2,5H,1H2. The summed E-state index contributed by atoms with van der Waals surface area (Å²) in [6.45, 7) is 1.89. The van der Waals surface area contributed by atoms with Gasteiger partial charge in [0.05, 0.1) is 6.26 Å². The first-order valence-corrected chi connectivity index (χ1v) is 1.79. The molecule has 6 heavy (non-hydrogen) atoms. The van der Waals surface area contributed by atoms with Gasteiger partial charge in [-0.25, -0.2) is 0 Å². The third-order valence-corrected chi connectivity index (χ3v) is 0.311. The van der Waals surface area contributed by atoms with Gasteiger partial charge in [-0.1, -0.05) is 6.58 Å². The summed E-state index contributed by atoms with van der Waals surface area (Å²) in [4.78, 5) is 0. The van der Waals surface area contributed by atoms with Crippen LogP contribution in [0.5, 0.6) is 0 Å². The summed E-state index contributed by atoms with van der Waals surface area (Å²) < 4.78 is 4.13. The van der Waals surface area contributed by atoms with E-state index in [4.69, 9.17) is 16.5 Å². The molecule has 34 valence electrons. The molecular formula is C2H4BClO2. The highest BCUT2D eigenvalue weighted by Gasteiger charge is 2.03. The van der Waals surface area contributed by atoms with Gasteiger partial charge < -0.3 is 9.68 Å². The zero-order valence-corrected chi connectivity index (χ0v) is 3.85. The van der Waals surface area contributed by atoms with Crippen LogP contribution in [-0.4, -0.2) is 11.6 Å². The molecule has 0 fully saturated rings. The van der Waals surface area contributed by atoms with Crippen molar-refractivity contribution in [3.8, 4) is 0 Å². The molecule has 0 spiro atoms. The molecule has 1 N–H and O–H groups in total. The molecule has 0 aromatic heterocycles. The summed E-state index contributed by atoms with van der Waals surface area (Å²) in [5, 5.41) is 8.02. The second kappa shape index (κ2) is 3.06. The lowest BCUT2D eigenvalue weighted by molar-refractivity contribution is 0.396. The Balaban J connectivity index is 2.81. The molecule has 4 heteroatoms. The molecule has 0 rings (SSSR count). The fourth-order valence-electron chi connectivity index (χ4n) is 0.0794. The van der Waals surface area contributed by atoms with Gasteiger partial charge in [0.15, 0.2) is 0 Å². The highest BCUT2D eigenvalue weighted by atomic mass is 35.5. The Morgan fingerprint density at radius 3 is 2.50 bits per heavy atom. The Morgan fingerprint density at radius 1 is 2.00 bits per heavy atom. The molecule has 0 heterocycles. The van der Waals surface area contributed by atoms with E-state index in [-0.39, 0.29) is 0 Å². The van der Waals surface area contributed by atoms with Gasteiger partial charge in [-0.2, -0.15) is 0 Å². The summed E-state index contributed by atoms with van der Waals surface area (Å²) in [5.41, 5.74) is 0. The third kappa shape index (κ3) is 3.85. The van der Waals surface area contributed by atoms with Crippen LogP contribution in [0.2, 0.25) is 0 Å². The first-order chi connectivity index (χ1) is 2.77. The molecule has 0 bridgehead atoms. The predicted molar refractivity (Wildman–Crippen MR) is 25.1 cm³/mol. The Morgan fingerprint density at radius 2 is 2.50 bits per heavy atom. The largest absolute Gasteiger partial charge is 0.638 e. The van der Waals surface area contributed by atoms with Gasteiger partial charge in [0.2, 0.25) is 0 Å². The summed E-state index contributed by atoms with van der Waals surface area (Å²) in [6.07, 6.45) is 1.07. The van der Waals surface area contributed by atoms with Gasteiger partial charge in [0.1, 0.15) is 0 Å². The van der Waals surface area contributed by atoms with E-state index >= 15 is 0 Å². The van der Waals surface area contributed by atoms with E-state index in [1.54, 1.807) is 0 Å². The summed E-state index contributed by atoms with van der Waals surface area (Å²) >= 11 is 4.84. The van der Waals surface area contributed by atoms with Crippen LogP contribution in [0.15, 0.2) is 12.8 Å². The van der Waals surface area contributed by atoms with Crippen molar-refractivity contribution in [3.05, 3.63) is 12.8 Å². The van der Waals surface area contributed by atoms with E-state index in [9.17, 15) is 0 Å². The van der Waals surface area contributed by atoms with Gasteiger partial charge in [0.25, 0.3) is 0 Å². The molecule has 0 aliphatic carbocycles. The lowest BCUT2D eigenvalue weighted by atomic mass is 10.4. The zero-order chi connectivity index (χ0) is 4.99. The molecule has 0 aromatic carbocycles. The van der Waals surface area contributed by atoms with Crippen LogP contribution in [0.25, 0.3) is 0 Å². The maximum atomic E-state index is 8.02. The van der Waals surface area contributed by atoms with E-state index in [2.05, 4.69) is 11.2 Å². The van der Waals surface area contributed by atoms with Crippen molar-refractivity contribution in [2.45, 2.75) is 0 Å². The topological polar surface area (TPSA) is 29.5 Å². The normalized spacial score (nSPS) is 7.00. The Bertz CT molecular complexity index is 46.8. The zero-order valence-electron chi connectivity index (χ0n) is 3.10. The predicted octanol–water partition coefficient (Wildman–Crippen LogP) is 0.362. The first-order valence-electron chi connectivity index (χ1n) is 1.36. The van der Waals surface area contributed by atoms with Crippen LogP contribution in [0.3, 0.4) is 0 Å². The first kappa shape index (κ1) is 5.85. The average molecular weight is 106 g/mol. The van der Waals surface area contributed by atoms with Crippen molar-refractivity contribution < 1.29 is 9.68 Å². The van der Waals surface area contributed by atoms with Crippen LogP contribution < -0.4 is 0 Å². The number of halogens is 1. The molecule has 0 aliphatic rings. The van der Waals surface area contributed by atoms with Crippen molar-refractivity contribution in [2.24, 2.45) is 0 Å². The van der Waals surface area contributed by atoms with Crippen molar-refractivity contribution >= 4 is 18.0 Å². The Hall–Kier alpha value is -0.145. The maximum Gasteiger partial charge on any atom is 0.638 e. The second-order valence-electron chi connectivity index (χ2n) is 0.595. The van der Waals surface area contributed by atoms with E-state index < -0.39 is 6.53 Å². The maximum absolute atomic E-state index is 8.02. The van der Waals surface area contributed by atoms with Crippen molar-refractivity contribution in [2.75, 3.05) is 0 Å². The van der Waals surface area contributed by atoms with E-state index in [0.717, 1.165) is 6.26 Å². The average Bonchev–Trinajstić information content (AvgIpc) is 1.35. The van der Waals surface area contributed by atoms with Crippen LogP contribution in [0.4, 0.5) is 0 Å². The molecular weight excluding hydrogens is 102 g/mol. The van der Waals surface area contributed by atoms with Crippen LogP contribution in [0, 0.1) is 0 Å². The Labute approximate surface area is 41.4 Å². The van der Waals surface area contributed by atoms with Gasteiger partial charge in [-0.15, -0.1) is 11.5 Å². The third-order valence-electron chi connectivity index (χ3n) is 0.209. The quantitative estimate of drug-likeness (QED) is 0.407. The molecule has 0 atom stereocenters. The number of hydrogen-bond donors (Lipinski definition) is 1. The summed E-state index contributed by atoms with van der Waals surface area (Å²) in [5.74, 6) is 0. The highest BCUT2D eigenvalue weighted by Crippen LogP contribution is 1.83. The SMILES string of the molecule is C=COB(O)Cl. The molecule has 0 unspecified atom stereocenters. The van der Waals surface area contributed by atoms with Crippen LogP contribution in [-0.2, 0) is 4.65 Å². The number of hydrogen-bond acceptors (Lipinski definition) is 2. The monoisotopic (exact) mass is 106 g/mol. The minimum absolute atomic E-state index is 1.07. The molecule has 2 nitrogen and oxygen atoms in total.